The van der Waals surface area contributed by atoms with E-state index in [-0.39, 0.29) is 0 Å². The zero-order chi connectivity index (χ0) is 30.1. The molecule has 3 aromatic carbocycles. The van der Waals surface area contributed by atoms with Crippen molar-refractivity contribution in [3.05, 3.63) is 104 Å². The Kier molecular flexibility index (Phi) is 7.76. The van der Waals surface area contributed by atoms with Crippen molar-refractivity contribution in [1.29, 1.82) is 0 Å². The van der Waals surface area contributed by atoms with Crippen LogP contribution in [0.2, 0.25) is 0 Å². The van der Waals surface area contributed by atoms with E-state index in [9.17, 15) is 28.8 Å². The highest BCUT2D eigenvalue weighted by atomic mass is 32.2. The first-order valence-corrected chi connectivity index (χ1v) is 15.0. The monoisotopic (exact) mass is 626 g/mol. The molecule has 3 fully saturated rings. The number of nitrogens with zero attached hydrogens (tertiary/aromatic N) is 1. The van der Waals surface area contributed by atoms with Crippen LogP contribution in [0.25, 0.3) is 18.2 Å². The molecule has 3 aromatic rings. The second-order valence-corrected chi connectivity index (χ2v) is 12.2. The van der Waals surface area contributed by atoms with Gasteiger partial charge in [-0.2, -0.15) is 0 Å². The molecule has 0 aromatic heterocycles. The van der Waals surface area contributed by atoms with E-state index < -0.39 is 33.4 Å². The molecule has 3 aliphatic rings. The highest BCUT2D eigenvalue weighted by molar-refractivity contribution is 8.19. The lowest BCUT2D eigenvalue weighted by atomic mass is 10.1. The third-order valence-corrected chi connectivity index (χ3v) is 8.71. The zero-order valence-corrected chi connectivity index (χ0v) is 24.2. The lowest BCUT2D eigenvalue weighted by Crippen LogP contribution is -2.17. The highest BCUT2D eigenvalue weighted by Gasteiger charge is 2.27. The number of hydrogen-bond acceptors (Lipinski definition) is 10. The summed E-state index contributed by atoms with van der Waals surface area (Å²) in [4.78, 5) is 73.4. The fourth-order valence-corrected chi connectivity index (χ4v) is 6.37. The van der Waals surface area contributed by atoms with Crippen LogP contribution in [0.15, 0.2) is 87.5 Å². The molecular weight excluding hydrogens is 609 g/mol. The van der Waals surface area contributed by atoms with Crippen LogP contribution in [0, 0.1) is 0 Å². The molecule has 13 heteroatoms. The van der Waals surface area contributed by atoms with Crippen molar-refractivity contribution in [3.8, 4) is 0 Å². The maximum atomic E-state index is 12.0. The number of thioether (sulfide) groups is 3. The first-order chi connectivity index (χ1) is 20.7. The van der Waals surface area contributed by atoms with Gasteiger partial charge in [-0.3, -0.25) is 44.7 Å². The molecule has 6 amide bonds. The third-order valence-electron chi connectivity index (χ3n) is 6.27. The van der Waals surface area contributed by atoms with Crippen LogP contribution in [-0.4, -0.2) is 33.4 Å². The minimum atomic E-state index is -0.429. The summed E-state index contributed by atoms with van der Waals surface area (Å²) in [5, 5.41) is 5.51. The van der Waals surface area contributed by atoms with Crippen LogP contribution >= 0.6 is 35.3 Å². The van der Waals surface area contributed by atoms with Crippen molar-refractivity contribution in [2.45, 2.75) is 0 Å². The van der Waals surface area contributed by atoms with Gasteiger partial charge in [0.05, 0.1) is 14.7 Å². The van der Waals surface area contributed by atoms with Gasteiger partial charge in [0.15, 0.2) is 0 Å². The van der Waals surface area contributed by atoms with Gasteiger partial charge in [0, 0.05) is 17.1 Å². The second kappa shape index (κ2) is 11.8. The Bertz CT molecular complexity index is 1600. The Morgan fingerprint density at radius 1 is 0.419 bits per heavy atom. The van der Waals surface area contributed by atoms with Gasteiger partial charge >= 0.3 is 0 Å². The minimum Gasteiger partial charge on any atom is -0.311 e. The molecule has 43 heavy (non-hydrogen) atoms. The van der Waals surface area contributed by atoms with Crippen molar-refractivity contribution in [3.63, 3.8) is 0 Å². The maximum Gasteiger partial charge on any atom is 0.290 e. The molecule has 6 rings (SSSR count). The lowest BCUT2D eigenvalue weighted by molar-refractivity contribution is -0.116. The number of carbonyl (C=O) groups is 6. The number of nitrogens with one attached hydrogen (secondary N) is 3. The van der Waals surface area contributed by atoms with E-state index in [1.165, 1.54) is 0 Å². The van der Waals surface area contributed by atoms with Crippen LogP contribution < -0.4 is 20.9 Å². The van der Waals surface area contributed by atoms with Crippen LogP contribution in [0.5, 0.6) is 0 Å². The Morgan fingerprint density at radius 2 is 0.674 bits per heavy atom. The van der Waals surface area contributed by atoms with E-state index in [1.54, 1.807) is 18.2 Å². The molecule has 0 bridgehead atoms. The van der Waals surface area contributed by atoms with E-state index >= 15 is 0 Å². The number of amides is 6. The predicted molar refractivity (Wildman–Crippen MR) is 168 cm³/mol. The Labute approximate surface area is 257 Å². The molecule has 3 aliphatic heterocycles. The molecule has 3 saturated heterocycles. The molecule has 0 spiro atoms. The lowest BCUT2D eigenvalue weighted by Gasteiger charge is -2.26. The number of rotatable bonds is 6. The smallest absolute Gasteiger partial charge is 0.290 e. The van der Waals surface area contributed by atoms with Crippen molar-refractivity contribution in [2.24, 2.45) is 0 Å². The number of hydrogen-bond donors (Lipinski definition) is 3. The fourth-order valence-electron chi connectivity index (χ4n) is 4.32. The molecule has 3 N–H and O–H groups in total. The highest BCUT2D eigenvalue weighted by Crippen LogP contribution is 2.36. The molecule has 0 aliphatic carbocycles. The molecule has 0 saturated carbocycles. The van der Waals surface area contributed by atoms with Gasteiger partial charge in [0.25, 0.3) is 33.4 Å². The molecule has 0 unspecified atom stereocenters. The Morgan fingerprint density at radius 3 is 0.884 bits per heavy atom. The van der Waals surface area contributed by atoms with Gasteiger partial charge in [-0.1, -0.05) is 36.4 Å². The van der Waals surface area contributed by atoms with Crippen LogP contribution in [0.3, 0.4) is 0 Å². The standard InChI is InChI=1S/C30H18N4O6S3/c35-25-22(41-28(38)31-25)13-16-1-7-19(8-2-16)34(20-9-3-17(4-10-20)14-23-26(36)32-29(39)42-23)21-11-5-18(6-12-21)15-24-27(37)33-30(40)43-24/h1-15H,(H,31,35,38)(H,32,36,39)(H,33,37,40)/b22-13-,23-14+,24-15+. The summed E-state index contributed by atoms with van der Waals surface area (Å²) in [6.07, 6.45) is 4.94. The zero-order valence-electron chi connectivity index (χ0n) is 21.8. The average Bonchev–Trinajstić information content (AvgIpc) is 3.59. The minimum absolute atomic E-state index is 0.315. The van der Waals surface area contributed by atoms with Crippen LogP contribution in [-0.2, 0) is 14.4 Å². The van der Waals surface area contributed by atoms with Crippen molar-refractivity contribution < 1.29 is 28.8 Å². The van der Waals surface area contributed by atoms with Crippen LogP contribution in [0.4, 0.5) is 31.4 Å². The molecule has 0 atom stereocenters. The van der Waals surface area contributed by atoms with Gasteiger partial charge in [0.1, 0.15) is 0 Å². The number of imide groups is 3. The van der Waals surface area contributed by atoms with Gasteiger partial charge in [-0.05, 0) is 107 Å². The molecule has 3 heterocycles. The predicted octanol–water partition coefficient (Wildman–Crippen LogP) is 6.13. The number of carbonyl (C=O) groups excluding carboxylic acids is 6. The Hall–Kier alpha value is -4.85. The molecule has 212 valence electrons. The summed E-state index contributed by atoms with van der Waals surface area (Å²) >= 11 is 2.55. The maximum absolute atomic E-state index is 12.0. The fraction of sp³-hybridized carbons (Fsp3) is 0. The number of benzene rings is 3. The van der Waals surface area contributed by atoms with Crippen LogP contribution in [0.1, 0.15) is 16.7 Å². The largest absolute Gasteiger partial charge is 0.311 e. The van der Waals surface area contributed by atoms with E-state index in [0.29, 0.717) is 14.7 Å². The Balaban J connectivity index is 1.32. The van der Waals surface area contributed by atoms with E-state index in [1.807, 2.05) is 77.7 Å². The van der Waals surface area contributed by atoms with Gasteiger partial charge in [0.2, 0.25) is 0 Å². The number of anilines is 3. The summed E-state index contributed by atoms with van der Waals surface area (Å²) < 4.78 is 0. The first-order valence-electron chi connectivity index (χ1n) is 12.6. The van der Waals surface area contributed by atoms with Crippen molar-refractivity contribution in [1.82, 2.24) is 16.0 Å². The molecule has 10 nitrogen and oxygen atoms in total. The van der Waals surface area contributed by atoms with Gasteiger partial charge < -0.3 is 4.90 Å². The summed E-state index contributed by atoms with van der Waals surface area (Å²) in [5.74, 6) is -1.29. The van der Waals surface area contributed by atoms with E-state index in [2.05, 4.69) is 16.0 Å². The quantitative estimate of drug-likeness (QED) is 0.274. The average molecular weight is 627 g/mol. The van der Waals surface area contributed by atoms with E-state index in [4.69, 9.17) is 0 Å². The third kappa shape index (κ3) is 6.33. The summed E-state index contributed by atoms with van der Waals surface area (Å²) in [7, 11) is 0. The summed E-state index contributed by atoms with van der Waals surface area (Å²) in [6, 6.07) is 22.3. The van der Waals surface area contributed by atoms with Gasteiger partial charge in [-0.25, -0.2) is 0 Å². The summed E-state index contributed by atoms with van der Waals surface area (Å²) in [6.45, 7) is 0. The van der Waals surface area contributed by atoms with E-state index in [0.717, 1.165) is 69.0 Å². The SMILES string of the molecule is O=C1NC(=O)/C(=C/c2ccc(N(c3ccc(/C=C4/SC(=O)NC4=O)cc3)c3ccc(/C=C4/SC(=O)NC4=O)cc3)cc2)S1. The summed E-state index contributed by atoms with van der Waals surface area (Å²) in [5.41, 5.74) is 4.61. The molecule has 0 radical (unpaired) electrons. The normalized spacial score (nSPS) is 19.4. The van der Waals surface area contributed by atoms with Crippen molar-refractivity contribution in [2.75, 3.05) is 4.90 Å². The van der Waals surface area contributed by atoms with Gasteiger partial charge in [-0.15, -0.1) is 0 Å². The first kappa shape index (κ1) is 28.3. The topological polar surface area (TPSA) is 142 Å². The van der Waals surface area contributed by atoms with Crippen molar-refractivity contribution >= 4 is 104 Å². The molecular formula is C30H18N4O6S3. The second-order valence-electron chi connectivity index (χ2n) is 9.17.